The molecule has 0 aliphatic heterocycles. The third-order valence-electron chi connectivity index (χ3n) is 3.81. The lowest BCUT2D eigenvalue weighted by Gasteiger charge is -2.29. The molecule has 2 rings (SSSR count). The molecule has 0 radical (unpaired) electrons. The molecular weight excluding hydrogens is 351 g/mol. The Bertz CT molecular complexity index is 642. The predicted octanol–water partition coefficient (Wildman–Crippen LogP) is 4.87. The third-order valence-corrected chi connectivity index (χ3v) is 5.06. The number of benzene rings is 1. The van der Waals surface area contributed by atoms with E-state index in [0.29, 0.717) is 22.2 Å². The maximum Gasteiger partial charge on any atom is 0.252 e. The Kier molecular flexibility index (Phi) is 6.90. The van der Waals surface area contributed by atoms with Crippen molar-refractivity contribution in [1.82, 2.24) is 10.2 Å². The van der Waals surface area contributed by atoms with Gasteiger partial charge in [-0.15, -0.1) is 0 Å². The molecule has 0 fully saturated rings. The molecule has 1 aromatic carbocycles. The third kappa shape index (κ3) is 4.70. The van der Waals surface area contributed by atoms with Gasteiger partial charge >= 0.3 is 0 Å². The van der Waals surface area contributed by atoms with E-state index in [4.69, 9.17) is 23.2 Å². The van der Waals surface area contributed by atoms with Crippen LogP contribution in [0.3, 0.4) is 0 Å². The van der Waals surface area contributed by atoms with E-state index in [1.165, 1.54) is 5.56 Å². The molecule has 0 spiro atoms. The van der Waals surface area contributed by atoms with Crippen LogP contribution in [0.2, 0.25) is 10.0 Å². The van der Waals surface area contributed by atoms with Crippen LogP contribution in [0.4, 0.5) is 0 Å². The van der Waals surface area contributed by atoms with Gasteiger partial charge in [0.15, 0.2) is 0 Å². The van der Waals surface area contributed by atoms with Crippen LogP contribution in [0.1, 0.15) is 35.8 Å². The van der Waals surface area contributed by atoms with Crippen molar-refractivity contribution in [3.63, 3.8) is 0 Å². The average molecular weight is 371 g/mol. The van der Waals surface area contributed by atoms with Gasteiger partial charge in [-0.3, -0.25) is 9.69 Å². The largest absolute Gasteiger partial charge is 0.350 e. The van der Waals surface area contributed by atoms with Crippen LogP contribution in [-0.2, 0) is 0 Å². The number of carbonyl (C=O) groups excluding carboxylic acids is 1. The van der Waals surface area contributed by atoms with Gasteiger partial charge < -0.3 is 5.32 Å². The minimum atomic E-state index is -0.181. The van der Waals surface area contributed by atoms with Crippen molar-refractivity contribution < 1.29 is 4.79 Å². The highest BCUT2D eigenvalue weighted by atomic mass is 35.5. The highest BCUT2D eigenvalue weighted by molar-refractivity contribution is 7.08. The first kappa shape index (κ1) is 18.3. The quantitative estimate of drug-likeness (QED) is 0.753. The summed E-state index contributed by atoms with van der Waals surface area (Å²) in [7, 11) is 0. The fourth-order valence-corrected chi connectivity index (χ4v) is 3.75. The van der Waals surface area contributed by atoms with E-state index >= 15 is 0 Å². The van der Waals surface area contributed by atoms with E-state index in [1.807, 2.05) is 0 Å². The molecule has 0 aliphatic carbocycles. The first-order chi connectivity index (χ1) is 11.1. The van der Waals surface area contributed by atoms with Crippen LogP contribution in [0.5, 0.6) is 0 Å². The fourth-order valence-electron chi connectivity index (χ4n) is 2.54. The van der Waals surface area contributed by atoms with E-state index in [9.17, 15) is 4.79 Å². The number of hydrogen-bond acceptors (Lipinski definition) is 3. The summed E-state index contributed by atoms with van der Waals surface area (Å²) >= 11 is 13.6. The van der Waals surface area contributed by atoms with Crippen LogP contribution in [-0.4, -0.2) is 30.4 Å². The number of carbonyl (C=O) groups is 1. The standard InChI is InChI=1S/C17H20Cl2N2OS/c1-3-21(4-2)16(12-7-8-23-11-12)10-20-17(22)14-6-5-13(18)9-15(14)19/h5-9,11,16H,3-4,10H2,1-2H3,(H,20,22). The maximum absolute atomic E-state index is 12.4. The summed E-state index contributed by atoms with van der Waals surface area (Å²) in [6.07, 6.45) is 0. The van der Waals surface area contributed by atoms with Gasteiger partial charge in [0.1, 0.15) is 0 Å². The van der Waals surface area contributed by atoms with Crippen molar-refractivity contribution in [2.75, 3.05) is 19.6 Å². The minimum absolute atomic E-state index is 0.159. The van der Waals surface area contributed by atoms with Gasteiger partial charge in [0.05, 0.1) is 16.6 Å². The molecule has 1 amide bonds. The van der Waals surface area contributed by atoms with Crippen molar-refractivity contribution in [2.24, 2.45) is 0 Å². The Morgan fingerprint density at radius 3 is 2.57 bits per heavy atom. The van der Waals surface area contributed by atoms with Gasteiger partial charge in [-0.05, 0) is 53.7 Å². The lowest BCUT2D eigenvalue weighted by molar-refractivity contribution is 0.0935. The highest BCUT2D eigenvalue weighted by Gasteiger charge is 2.20. The Morgan fingerprint density at radius 2 is 2.00 bits per heavy atom. The Hall–Kier alpha value is -1.07. The number of nitrogens with zero attached hydrogens (tertiary/aromatic N) is 1. The summed E-state index contributed by atoms with van der Waals surface area (Å²) in [6.45, 7) is 6.64. The average Bonchev–Trinajstić information content (AvgIpc) is 3.05. The molecule has 0 aliphatic rings. The van der Waals surface area contributed by atoms with Crippen molar-refractivity contribution >= 4 is 40.4 Å². The number of nitrogens with one attached hydrogen (secondary N) is 1. The highest BCUT2D eigenvalue weighted by Crippen LogP contribution is 2.24. The topological polar surface area (TPSA) is 32.3 Å². The predicted molar refractivity (Wildman–Crippen MR) is 98.8 cm³/mol. The van der Waals surface area contributed by atoms with Crippen LogP contribution < -0.4 is 5.32 Å². The molecule has 23 heavy (non-hydrogen) atoms. The maximum atomic E-state index is 12.4. The molecule has 1 aromatic heterocycles. The summed E-state index contributed by atoms with van der Waals surface area (Å²) in [5.41, 5.74) is 1.67. The van der Waals surface area contributed by atoms with Gasteiger partial charge in [0.25, 0.3) is 5.91 Å². The van der Waals surface area contributed by atoms with Gasteiger partial charge in [-0.1, -0.05) is 37.0 Å². The molecule has 1 atom stereocenters. The second kappa shape index (κ2) is 8.69. The smallest absolute Gasteiger partial charge is 0.252 e. The molecule has 0 saturated carbocycles. The van der Waals surface area contributed by atoms with Crippen LogP contribution >= 0.6 is 34.5 Å². The first-order valence-electron chi connectivity index (χ1n) is 7.56. The van der Waals surface area contributed by atoms with E-state index in [0.717, 1.165) is 13.1 Å². The lowest BCUT2D eigenvalue weighted by atomic mass is 10.1. The number of likely N-dealkylation sites (N-methyl/N-ethyl adjacent to an activating group) is 1. The summed E-state index contributed by atoms with van der Waals surface area (Å²) in [4.78, 5) is 14.7. The lowest BCUT2D eigenvalue weighted by Crippen LogP contribution is -2.38. The number of hydrogen-bond donors (Lipinski definition) is 1. The van der Waals surface area contributed by atoms with Crippen molar-refractivity contribution in [3.8, 4) is 0 Å². The summed E-state index contributed by atoms with van der Waals surface area (Å²) in [6, 6.07) is 7.17. The van der Waals surface area contributed by atoms with Crippen LogP contribution in [0, 0.1) is 0 Å². The normalized spacial score (nSPS) is 12.4. The van der Waals surface area contributed by atoms with Gasteiger partial charge in [-0.25, -0.2) is 0 Å². The summed E-state index contributed by atoms with van der Waals surface area (Å²) in [5, 5.41) is 8.07. The molecule has 3 nitrogen and oxygen atoms in total. The molecule has 1 unspecified atom stereocenters. The van der Waals surface area contributed by atoms with E-state index in [-0.39, 0.29) is 11.9 Å². The molecule has 6 heteroatoms. The number of halogens is 2. The van der Waals surface area contributed by atoms with Crippen molar-refractivity contribution in [2.45, 2.75) is 19.9 Å². The zero-order valence-electron chi connectivity index (χ0n) is 13.2. The Morgan fingerprint density at radius 1 is 1.26 bits per heavy atom. The van der Waals surface area contributed by atoms with Crippen molar-refractivity contribution in [3.05, 3.63) is 56.2 Å². The van der Waals surface area contributed by atoms with Gasteiger partial charge in [0.2, 0.25) is 0 Å². The zero-order chi connectivity index (χ0) is 16.8. The minimum Gasteiger partial charge on any atom is -0.350 e. The fraction of sp³-hybridized carbons (Fsp3) is 0.353. The number of thiophene rings is 1. The molecule has 0 bridgehead atoms. The van der Waals surface area contributed by atoms with E-state index in [2.05, 4.69) is 40.9 Å². The first-order valence-corrected chi connectivity index (χ1v) is 9.26. The second-order valence-electron chi connectivity index (χ2n) is 5.13. The van der Waals surface area contributed by atoms with Crippen molar-refractivity contribution in [1.29, 1.82) is 0 Å². The van der Waals surface area contributed by atoms with Crippen LogP contribution in [0.15, 0.2) is 35.0 Å². The molecule has 0 saturated heterocycles. The molecule has 124 valence electrons. The van der Waals surface area contributed by atoms with E-state index < -0.39 is 0 Å². The molecular formula is C17H20Cl2N2OS. The Balaban J connectivity index is 2.10. The second-order valence-corrected chi connectivity index (χ2v) is 6.75. The van der Waals surface area contributed by atoms with E-state index in [1.54, 1.807) is 29.5 Å². The summed E-state index contributed by atoms with van der Waals surface area (Å²) in [5.74, 6) is -0.181. The number of rotatable bonds is 7. The van der Waals surface area contributed by atoms with Gasteiger partial charge in [-0.2, -0.15) is 11.3 Å². The molecule has 1 heterocycles. The Labute approximate surface area is 151 Å². The molecule has 1 N–H and O–H groups in total. The van der Waals surface area contributed by atoms with Gasteiger partial charge in [0, 0.05) is 11.6 Å². The zero-order valence-corrected chi connectivity index (χ0v) is 15.5. The summed E-state index contributed by atoms with van der Waals surface area (Å²) < 4.78 is 0. The SMILES string of the molecule is CCN(CC)C(CNC(=O)c1ccc(Cl)cc1Cl)c1ccsc1. The molecule has 2 aromatic rings. The van der Waals surface area contributed by atoms with Crippen LogP contribution in [0.25, 0.3) is 0 Å². The monoisotopic (exact) mass is 370 g/mol. The number of amides is 1.